The molecule has 118 valence electrons. The maximum atomic E-state index is 14.0. The molecule has 0 atom stereocenters. The lowest BCUT2D eigenvalue weighted by atomic mass is 10.0. The summed E-state index contributed by atoms with van der Waals surface area (Å²) in [5.74, 6) is -0.870. The Hall–Kier alpha value is -1.42. The molecule has 4 heteroatoms. The molecule has 0 spiro atoms. The van der Waals surface area contributed by atoms with E-state index in [4.69, 9.17) is 5.11 Å². The lowest BCUT2D eigenvalue weighted by Crippen LogP contribution is -2.37. The predicted octanol–water partition coefficient (Wildman–Crippen LogP) is 4.17. The molecule has 1 aromatic carbocycles. The molecule has 0 heterocycles. The Kier molecular flexibility index (Phi) is 6.82. The first-order chi connectivity index (χ1) is 9.88. The van der Waals surface area contributed by atoms with Crippen molar-refractivity contribution >= 4 is 5.97 Å². The zero-order chi connectivity index (χ0) is 16.0. The molecule has 0 fully saturated rings. The monoisotopic (exact) mass is 295 g/mol. The summed E-state index contributed by atoms with van der Waals surface area (Å²) in [6.07, 6.45) is 2.01. The van der Waals surface area contributed by atoms with Crippen LogP contribution in [0.3, 0.4) is 0 Å². The van der Waals surface area contributed by atoms with Crippen molar-refractivity contribution in [1.82, 2.24) is 4.90 Å². The second-order valence-corrected chi connectivity index (χ2v) is 5.90. The first kappa shape index (κ1) is 17.6. The number of benzene rings is 1. The van der Waals surface area contributed by atoms with E-state index in [1.807, 2.05) is 0 Å². The number of nitrogens with zero attached hydrogens (tertiary/aromatic N) is 1. The fraction of sp³-hybridized carbons (Fsp3) is 0.588. The molecule has 0 amide bonds. The Labute approximate surface area is 126 Å². The summed E-state index contributed by atoms with van der Waals surface area (Å²) in [5, 5.41) is 9.05. The Morgan fingerprint density at radius 2 is 1.90 bits per heavy atom. The third kappa shape index (κ3) is 5.12. The van der Waals surface area contributed by atoms with E-state index in [1.165, 1.54) is 18.2 Å². The van der Waals surface area contributed by atoms with Crippen molar-refractivity contribution in [2.24, 2.45) is 5.92 Å². The molecule has 1 rings (SSSR count). The van der Waals surface area contributed by atoms with Gasteiger partial charge in [0.05, 0.1) is 5.56 Å². The molecule has 0 bridgehead atoms. The quantitative estimate of drug-likeness (QED) is 0.782. The normalized spacial score (nSPS) is 11.6. The first-order valence-corrected chi connectivity index (χ1v) is 7.64. The molecule has 0 aromatic heterocycles. The summed E-state index contributed by atoms with van der Waals surface area (Å²) in [7, 11) is 0. The zero-order valence-electron chi connectivity index (χ0n) is 13.4. The fourth-order valence-corrected chi connectivity index (χ4v) is 2.66. The molecular weight excluding hydrogens is 269 g/mol. The van der Waals surface area contributed by atoms with Gasteiger partial charge < -0.3 is 5.11 Å². The molecule has 0 saturated carbocycles. The van der Waals surface area contributed by atoms with Gasteiger partial charge in [0.25, 0.3) is 0 Å². The van der Waals surface area contributed by atoms with Crippen LogP contribution < -0.4 is 0 Å². The van der Waals surface area contributed by atoms with Crippen LogP contribution in [0.4, 0.5) is 4.39 Å². The molecule has 0 saturated heterocycles. The van der Waals surface area contributed by atoms with Crippen molar-refractivity contribution in [1.29, 1.82) is 0 Å². The standard InChI is InChI=1S/C17H26FNO2/c1-5-15(6-2)19(10-12(3)4)11-14-9-13(17(20)21)7-8-16(14)18/h7-9,12,15H,5-6,10-11H2,1-4H3,(H,20,21). The number of hydrogen-bond acceptors (Lipinski definition) is 2. The highest BCUT2D eigenvalue weighted by atomic mass is 19.1. The summed E-state index contributed by atoms with van der Waals surface area (Å²) >= 11 is 0. The smallest absolute Gasteiger partial charge is 0.335 e. The molecule has 1 N–H and O–H groups in total. The van der Waals surface area contributed by atoms with E-state index in [-0.39, 0.29) is 11.4 Å². The topological polar surface area (TPSA) is 40.5 Å². The van der Waals surface area contributed by atoms with Gasteiger partial charge in [-0.2, -0.15) is 0 Å². The van der Waals surface area contributed by atoms with E-state index < -0.39 is 5.97 Å². The van der Waals surface area contributed by atoms with E-state index in [0.717, 1.165) is 19.4 Å². The van der Waals surface area contributed by atoms with Gasteiger partial charge in [0.15, 0.2) is 0 Å². The van der Waals surface area contributed by atoms with E-state index in [1.54, 1.807) is 0 Å². The molecule has 3 nitrogen and oxygen atoms in total. The van der Waals surface area contributed by atoms with Crippen LogP contribution in [0.25, 0.3) is 0 Å². The Balaban J connectivity index is 3.01. The predicted molar refractivity (Wildman–Crippen MR) is 83.0 cm³/mol. The molecule has 0 aliphatic heterocycles. The minimum atomic E-state index is -1.02. The summed E-state index contributed by atoms with van der Waals surface area (Å²) in [6, 6.07) is 4.40. The molecule has 21 heavy (non-hydrogen) atoms. The van der Waals surface area contributed by atoms with Crippen LogP contribution in [-0.2, 0) is 6.54 Å². The van der Waals surface area contributed by atoms with Crippen molar-refractivity contribution in [3.05, 3.63) is 35.1 Å². The summed E-state index contributed by atoms with van der Waals surface area (Å²) in [6.45, 7) is 9.87. The van der Waals surface area contributed by atoms with Gasteiger partial charge in [0.2, 0.25) is 0 Å². The van der Waals surface area contributed by atoms with E-state index in [2.05, 4.69) is 32.6 Å². The second kappa shape index (κ2) is 8.13. The highest BCUT2D eigenvalue weighted by Crippen LogP contribution is 2.19. The van der Waals surface area contributed by atoms with Crippen LogP contribution in [0.1, 0.15) is 56.5 Å². The van der Waals surface area contributed by atoms with Gasteiger partial charge in [-0.3, -0.25) is 4.90 Å². The number of carboxylic acids is 1. The number of hydrogen-bond donors (Lipinski definition) is 1. The minimum Gasteiger partial charge on any atom is -0.478 e. The molecule has 0 unspecified atom stereocenters. The number of carbonyl (C=O) groups is 1. The van der Waals surface area contributed by atoms with E-state index in [9.17, 15) is 9.18 Å². The molecule has 1 aromatic rings. The van der Waals surface area contributed by atoms with Gasteiger partial charge in [0.1, 0.15) is 5.82 Å². The van der Waals surface area contributed by atoms with Crippen molar-refractivity contribution in [2.75, 3.05) is 6.54 Å². The average molecular weight is 295 g/mol. The number of rotatable bonds is 8. The summed E-state index contributed by atoms with van der Waals surface area (Å²) in [4.78, 5) is 13.3. The lowest BCUT2D eigenvalue weighted by Gasteiger charge is -2.32. The Morgan fingerprint density at radius 1 is 1.29 bits per heavy atom. The van der Waals surface area contributed by atoms with Gasteiger partial charge in [-0.05, 0) is 37.0 Å². The van der Waals surface area contributed by atoms with E-state index >= 15 is 0 Å². The van der Waals surface area contributed by atoms with Gasteiger partial charge in [0, 0.05) is 24.7 Å². The lowest BCUT2D eigenvalue weighted by molar-refractivity contribution is 0.0696. The Bertz CT molecular complexity index is 470. The number of carboxylic acid groups (broad SMARTS) is 1. The molecular formula is C17H26FNO2. The van der Waals surface area contributed by atoms with Crippen LogP contribution in [0, 0.1) is 11.7 Å². The van der Waals surface area contributed by atoms with Crippen molar-refractivity contribution in [3.63, 3.8) is 0 Å². The fourth-order valence-electron chi connectivity index (χ4n) is 2.66. The highest BCUT2D eigenvalue weighted by molar-refractivity contribution is 5.87. The van der Waals surface area contributed by atoms with Crippen LogP contribution in [-0.4, -0.2) is 28.6 Å². The van der Waals surface area contributed by atoms with Crippen LogP contribution >= 0.6 is 0 Å². The highest BCUT2D eigenvalue weighted by Gasteiger charge is 2.19. The molecule has 0 aliphatic carbocycles. The van der Waals surface area contributed by atoms with Gasteiger partial charge >= 0.3 is 5.97 Å². The molecule has 0 aliphatic rings. The maximum Gasteiger partial charge on any atom is 0.335 e. The van der Waals surface area contributed by atoms with Crippen molar-refractivity contribution in [3.8, 4) is 0 Å². The zero-order valence-corrected chi connectivity index (χ0v) is 13.4. The van der Waals surface area contributed by atoms with Crippen LogP contribution in [0.5, 0.6) is 0 Å². The summed E-state index contributed by atoms with van der Waals surface area (Å²) in [5.41, 5.74) is 0.600. The maximum absolute atomic E-state index is 14.0. The SMILES string of the molecule is CCC(CC)N(Cc1cc(C(=O)O)ccc1F)CC(C)C. The average Bonchev–Trinajstić information content (AvgIpc) is 2.41. The van der Waals surface area contributed by atoms with Crippen molar-refractivity contribution < 1.29 is 14.3 Å². The second-order valence-electron chi connectivity index (χ2n) is 5.90. The van der Waals surface area contributed by atoms with Crippen LogP contribution in [0.2, 0.25) is 0 Å². The van der Waals surface area contributed by atoms with Gasteiger partial charge in [-0.1, -0.05) is 27.7 Å². The number of aromatic carboxylic acids is 1. The molecule has 0 radical (unpaired) electrons. The van der Waals surface area contributed by atoms with E-state index in [0.29, 0.717) is 24.1 Å². The minimum absolute atomic E-state index is 0.139. The van der Waals surface area contributed by atoms with Gasteiger partial charge in [-0.25, -0.2) is 9.18 Å². The van der Waals surface area contributed by atoms with Crippen LogP contribution in [0.15, 0.2) is 18.2 Å². The third-order valence-electron chi connectivity index (χ3n) is 3.72. The van der Waals surface area contributed by atoms with Crippen molar-refractivity contribution in [2.45, 2.75) is 53.1 Å². The van der Waals surface area contributed by atoms with Gasteiger partial charge in [-0.15, -0.1) is 0 Å². The largest absolute Gasteiger partial charge is 0.478 e. The first-order valence-electron chi connectivity index (χ1n) is 7.64. The Morgan fingerprint density at radius 3 is 2.38 bits per heavy atom. The number of halogens is 1. The summed E-state index contributed by atoms with van der Waals surface area (Å²) < 4.78 is 14.0. The third-order valence-corrected chi connectivity index (χ3v) is 3.72.